The van der Waals surface area contributed by atoms with Crippen molar-refractivity contribution in [2.45, 2.75) is 41.1 Å². The summed E-state index contributed by atoms with van der Waals surface area (Å²) in [5.41, 5.74) is 0. The summed E-state index contributed by atoms with van der Waals surface area (Å²) < 4.78 is 119. The van der Waals surface area contributed by atoms with Crippen LogP contribution in [0, 0.1) is 0 Å². The minimum Gasteiger partial charge on any atom is -0.512 e. The fourth-order valence-electron chi connectivity index (χ4n) is 0.373. The molecule has 0 aromatic carbocycles. The van der Waals surface area contributed by atoms with Crippen LogP contribution >= 0.6 is 0 Å². The molecule has 0 aromatic heterocycles. The van der Waals surface area contributed by atoms with Crippen molar-refractivity contribution in [3.8, 4) is 0 Å². The van der Waals surface area contributed by atoms with Crippen LogP contribution in [0.3, 0.4) is 0 Å². The van der Waals surface area contributed by atoms with Crippen LogP contribution in [0.5, 0.6) is 0 Å². The van der Waals surface area contributed by atoms with Crippen molar-refractivity contribution < 1.29 is 72.9 Å². The van der Waals surface area contributed by atoms with Crippen molar-refractivity contribution >= 4 is 17.3 Å². The second-order valence-electron chi connectivity index (χ2n) is 2.68. The van der Waals surface area contributed by atoms with Crippen LogP contribution in [0.25, 0.3) is 0 Å². The standard InChI is InChI=1S/3C5H8O2.V/c3*1-4(6)3-5(2)7;/h3*3,6H,1-2H3;/b3*4-3-;/i3*1D3,2D3;. The molecule has 0 saturated carbocycles. The maximum absolute atomic E-state index is 10.7. The average Bonchev–Trinajstić information content (AvgIpc) is 2.64. The largest absolute Gasteiger partial charge is 0.512 e. The second kappa shape index (κ2) is 17.3. The summed E-state index contributed by atoms with van der Waals surface area (Å²) in [6, 6.07) is 0. The number of aliphatic hydroxyl groups excluding tert-OH is 3. The van der Waals surface area contributed by atoms with Crippen LogP contribution in [-0.2, 0) is 32.9 Å². The molecule has 0 unspecified atom stereocenters. The molecule has 0 aromatic rings. The molecule has 22 heavy (non-hydrogen) atoms. The first-order chi connectivity index (χ1) is 16.6. The van der Waals surface area contributed by atoms with Gasteiger partial charge in [-0.2, -0.15) is 0 Å². The van der Waals surface area contributed by atoms with Gasteiger partial charge in [-0.15, -0.1) is 0 Å². The summed E-state index contributed by atoms with van der Waals surface area (Å²) in [4.78, 5) is 32.0. The van der Waals surface area contributed by atoms with Gasteiger partial charge in [0.2, 0.25) is 0 Å². The Morgan fingerprint density at radius 1 is 0.636 bits per heavy atom. The number of aliphatic hydroxyl groups is 3. The van der Waals surface area contributed by atoms with Crippen LogP contribution in [0.4, 0.5) is 0 Å². The van der Waals surface area contributed by atoms with Crippen molar-refractivity contribution in [3.63, 3.8) is 0 Å². The number of hydrogen-bond donors (Lipinski definition) is 3. The molecular weight excluding hydrogens is 327 g/mol. The number of carbonyl (C=O) groups is 3. The van der Waals surface area contributed by atoms with Crippen LogP contribution in [0.2, 0.25) is 0 Å². The van der Waals surface area contributed by atoms with Crippen molar-refractivity contribution in [2.24, 2.45) is 0 Å². The van der Waals surface area contributed by atoms with E-state index in [4.69, 9.17) is 40.0 Å². The molecule has 0 aliphatic heterocycles. The Morgan fingerprint density at radius 2 is 0.864 bits per heavy atom. The van der Waals surface area contributed by atoms with E-state index in [1.807, 2.05) is 0 Å². The van der Waals surface area contributed by atoms with Gasteiger partial charge in [-0.25, -0.2) is 0 Å². The molecule has 0 bridgehead atoms. The molecule has 0 spiro atoms. The maximum atomic E-state index is 10.7. The van der Waals surface area contributed by atoms with Crippen molar-refractivity contribution in [2.75, 3.05) is 0 Å². The van der Waals surface area contributed by atoms with Gasteiger partial charge in [0.15, 0.2) is 17.3 Å². The van der Waals surface area contributed by atoms with Crippen molar-refractivity contribution in [1.82, 2.24) is 0 Å². The van der Waals surface area contributed by atoms with Crippen molar-refractivity contribution in [1.29, 1.82) is 0 Å². The van der Waals surface area contributed by atoms with Crippen molar-refractivity contribution in [3.05, 3.63) is 35.5 Å². The first kappa shape index (κ1) is 6.38. The Balaban J connectivity index is -0.000000240. The molecule has 3 N–H and O–H groups in total. The summed E-state index contributed by atoms with van der Waals surface area (Å²) in [5, 5.41) is 26.2. The summed E-state index contributed by atoms with van der Waals surface area (Å²) in [6.07, 6.45) is 0.625. The first-order valence-corrected chi connectivity index (χ1v) is 4.52. The average molecular weight is 369 g/mol. The topological polar surface area (TPSA) is 112 Å². The molecule has 0 rings (SSSR count). The Kier molecular flexibility index (Phi) is 5.00. The van der Waals surface area contributed by atoms with E-state index in [1.54, 1.807) is 0 Å². The number of allylic oxidation sites excluding steroid dienone is 6. The predicted octanol–water partition coefficient (Wildman–Crippen LogP) is 3.11. The van der Waals surface area contributed by atoms with Gasteiger partial charge >= 0.3 is 0 Å². The Hall–Kier alpha value is -1.79. The third-order valence-electron chi connectivity index (χ3n) is 0.803. The molecule has 0 heterocycles. The Labute approximate surface area is 168 Å². The third-order valence-corrected chi connectivity index (χ3v) is 0.803. The van der Waals surface area contributed by atoms with Gasteiger partial charge in [-0.1, -0.05) is 0 Å². The fourth-order valence-corrected chi connectivity index (χ4v) is 0.373. The molecule has 6 nitrogen and oxygen atoms in total. The monoisotopic (exact) mass is 369 g/mol. The minimum absolute atomic E-state index is 0. The van der Waals surface area contributed by atoms with E-state index >= 15 is 0 Å². The molecule has 0 aliphatic rings. The van der Waals surface area contributed by atoms with Gasteiger partial charge in [-0.05, 0) is 41.1 Å². The second-order valence-corrected chi connectivity index (χ2v) is 2.68. The zero-order valence-electron chi connectivity index (χ0n) is 28.7. The number of rotatable bonds is 3. The molecular formula is C15H24O6V. The number of carbonyl (C=O) groups excluding carboxylic acids is 3. The van der Waals surface area contributed by atoms with Crippen LogP contribution in [-0.4, -0.2) is 32.7 Å². The molecule has 0 fully saturated rings. The summed E-state index contributed by atoms with van der Waals surface area (Å²) in [6.45, 7) is -17.3. The van der Waals surface area contributed by atoms with E-state index in [0.717, 1.165) is 0 Å². The molecule has 0 aliphatic carbocycles. The normalized spacial score (nSPS) is 26.5. The maximum Gasteiger partial charge on any atom is 0.155 e. The molecule has 7 heteroatoms. The zero-order chi connectivity index (χ0) is 32.6. The van der Waals surface area contributed by atoms with Crippen LogP contribution in [0.15, 0.2) is 35.5 Å². The zero-order valence-corrected chi connectivity index (χ0v) is 12.1. The molecule has 0 atom stereocenters. The molecule has 125 valence electrons. The quantitative estimate of drug-likeness (QED) is 0.520. The SMILES string of the molecule is [2H]C([2H])([2H])C(=O)/C=C(\O)C([2H])([2H])[2H].[2H]C([2H])([2H])C(=O)/C=C(\O)C([2H])([2H])[2H].[2H]C([2H])([2H])C(=O)/C=C(\O)C([2H])([2H])[2H].[V]. The third kappa shape index (κ3) is 51.7. The van der Waals surface area contributed by atoms with Crippen LogP contribution in [0.1, 0.15) is 65.8 Å². The minimum atomic E-state index is -2.92. The summed E-state index contributed by atoms with van der Waals surface area (Å²) in [7, 11) is 0. The molecule has 1 radical (unpaired) electrons. The predicted molar refractivity (Wildman–Crippen MR) is 81.2 cm³/mol. The number of ketones is 3. The first-order valence-electron chi connectivity index (χ1n) is 13.5. The van der Waals surface area contributed by atoms with E-state index < -0.39 is 75.7 Å². The smallest absolute Gasteiger partial charge is 0.155 e. The number of hydrogen-bond acceptors (Lipinski definition) is 6. The molecule has 0 saturated heterocycles. The summed E-state index contributed by atoms with van der Waals surface area (Å²) in [5.74, 6) is -7.85. The molecule has 0 amide bonds. The van der Waals surface area contributed by atoms with Gasteiger partial charge in [0.25, 0.3) is 0 Å². The van der Waals surface area contributed by atoms with E-state index in [9.17, 15) is 14.4 Å². The van der Waals surface area contributed by atoms with Gasteiger partial charge in [-0.3, -0.25) is 14.4 Å². The van der Waals surface area contributed by atoms with E-state index in [0.29, 0.717) is 0 Å². The van der Waals surface area contributed by atoms with Gasteiger partial charge in [0, 0.05) is 61.5 Å². The van der Waals surface area contributed by atoms with E-state index in [-0.39, 0.29) is 36.8 Å². The van der Waals surface area contributed by atoms with Gasteiger partial charge < -0.3 is 15.3 Å². The summed E-state index contributed by atoms with van der Waals surface area (Å²) >= 11 is 0. The van der Waals surface area contributed by atoms with Gasteiger partial charge in [0.05, 0.1) is 17.3 Å². The van der Waals surface area contributed by atoms with Gasteiger partial charge in [0.1, 0.15) is 0 Å². The van der Waals surface area contributed by atoms with E-state index in [1.165, 1.54) is 0 Å². The fraction of sp³-hybridized carbons (Fsp3) is 0.400. The Bertz CT molecular complexity index is 834. The van der Waals surface area contributed by atoms with Crippen LogP contribution < -0.4 is 0 Å². The Morgan fingerprint density at radius 3 is 1.00 bits per heavy atom. The van der Waals surface area contributed by atoms with E-state index in [2.05, 4.69) is 0 Å².